The first-order valence-corrected chi connectivity index (χ1v) is 8.50. The van der Waals surface area contributed by atoms with E-state index in [9.17, 15) is 4.79 Å². The molecular weight excluding hydrogens is 288 g/mol. The molecule has 1 unspecified atom stereocenters. The first-order chi connectivity index (χ1) is 10.8. The van der Waals surface area contributed by atoms with Crippen molar-refractivity contribution in [2.75, 3.05) is 13.1 Å². The van der Waals surface area contributed by atoms with Gasteiger partial charge >= 0.3 is 6.09 Å². The van der Waals surface area contributed by atoms with Crippen molar-refractivity contribution in [2.45, 2.75) is 59.1 Å². The molecule has 0 heterocycles. The molecular formula is C19H32N2O2. The highest BCUT2D eigenvalue weighted by Crippen LogP contribution is 2.09. The summed E-state index contributed by atoms with van der Waals surface area (Å²) in [6, 6.07) is 10.3. The number of carbonyl (C=O) groups excluding carboxylic acids is 1. The van der Waals surface area contributed by atoms with Gasteiger partial charge in [-0.15, -0.1) is 0 Å². The first kappa shape index (κ1) is 19.5. The van der Waals surface area contributed by atoms with E-state index in [1.54, 1.807) is 0 Å². The number of ether oxygens (including phenoxy) is 1. The highest BCUT2D eigenvalue weighted by molar-refractivity contribution is 5.68. The third-order valence-electron chi connectivity index (χ3n) is 3.27. The van der Waals surface area contributed by atoms with Crippen molar-refractivity contribution in [3.63, 3.8) is 0 Å². The Hall–Kier alpha value is -1.55. The Morgan fingerprint density at radius 3 is 2.39 bits per heavy atom. The number of hydrogen-bond acceptors (Lipinski definition) is 3. The average molecular weight is 320 g/mol. The fourth-order valence-corrected chi connectivity index (χ4v) is 2.27. The molecule has 1 aromatic carbocycles. The molecule has 0 aliphatic rings. The zero-order valence-electron chi connectivity index (χ0n) is 15.2. The van der Waals surface area contributed by atoms with E-state index in [1.165, 1.54) is 5.56 Å². The normalized spacial score (nSPS) is 13.0. The lowest BCUT2D eigenvalue weighted by Crippen LogP contribution is -2.41. The molecule has 0 aromatic heterocycles. The van der Waals surface area contributed by atoms with Crippen LogP contribution in [0.4, 0.5) is 4.79 Å². The fraction of sp³-hybridized carbons (Fsp3) is 0.632. The fourth-order valence-electron chi connectivity index (χ4n) is 2.27. The lowest BCUT2D eigenvalue weighted by atomic mass is 10.0. The molecule has 0 spiro atoms. The molecule has 1 atom stereocenters. The van der Waals surface area contributed by atoms with Crippen LogP contribution in [0.25, 0.3) is 0 Å². The highest BCUT2D eigenvalue weighted by atomic mass is 16.6. The predicted molar refractivity (Wildman–Crippen MR) is 95.6 cm³/mol. The summed E-state index contributed by atoms with van der Waals surface area (Å²) in [7, 11) is 0. The van der Waals surface area contributed by atoms with E-state index >= 15 is 0 Å². The van der Waals surface area contributed by atoms with E-state index in [0.717, 1.165) is 25.9 Å². The number of nitrogens with one attached hydrogen (secondary N) is 2. The molecule has 0 radical (unpaired) electrons. The molecule has 0 saturated heterocycles. The van der Waals surface area contributed by atoms with Crippen LogP contribution in [-0.4, -0.2) is 30.8 Å². The minimum absolute atomic E-state index is 0.0620. The van der Waals surface area contributed by atoms with Gasteiger partial charge in [0.15, 0.2) is 0 Å². The lowest BCUT2D eigenvalue weighted by molar-refractivity contribution is 0.0502. The minimum atomic E-state index is -0.475. The van der Waals surface area contributed by atoms with Gasteiger partial charge in [-0.3, -0.25) is 0 Å². The molecule has 0 aliphatic heterocycles. The van der Waals surface area contributed by atoms with Crippen LogP contribution in [0.5, 0.6) is 0 Å². The minimum Gasteiger partial charge on any atom is -0.444 e. The van der Waals surface area contributed by atoms with E-state index in [2.05, 4.69) is 36.6 Å². The second-order valence-electron chi connectivity index (χ2n) is 7.42. The molecule has 0 fully saturated rings. The summed E-state index contributed by atoms with van der Waals surface area (Å²) in [5.41, 5.74) is 0.745. The van der Waals surface area contributed by atoms with Gasteiger partial charge in [-0.2, -0.15) is 0 Å². The third-order valence-corrected chi connectivity index (χ3v) is 3.27. The Kier molecular flexibility index (Phi) is 8.10. The van der Waals surface area contributed by atoms with Gasteiger partial charge in [0.2, 0.25) is 0 Å². The monoisotopic (exact) mass is 320 g/mol. The second-order valence-corrected chi connectivity index (χ2v) is 7.42. The molecule has 1 aromatic rings. The molecule has 1 amide bonds. The summed E-state index contributed by atoms with van der Waals surface area (Å²) in [6.45, 7) is 11.9. The quantitative estimate of drug-likeness (QED) is 0.717. The molecule has 0 bridgehead atoms. The number of amides is 1. The van der Waals surface area contributed by atoms with Crippen LogP contribution in [0.2, 0.25) is 0 Å². The third kappa shape index (κ3) is 9.95. The lowest BCUT2D eigenvalue weighted by Gasteiger charge is -2.24. The summed E-state index contributed by atoms with van der Waals surface area (Å²) in [4.78, 5) is 12.0. The summed E-state index contributed by atoms with van der Waals surface area (Å²) in [5, 5.41) is 6.44. The van der Waals surface area contributed by atoms with Crippen molar-refractivity contribution in [1.29, 1.82) is 0 Å². The second kappa shape index (κ2) is 9.56. The standard InChI is InChI=1S/C19H32N2O2/c1-15(2)14-20-12-11-17(13-16-9-7-6-8-10-16)21-18(22)23-19(3,4)5/h6-10,15,17,20H,11-14H2,1-5H3,(H,21,22). The van der Waals surface area contributed by atoms with Crippen LogP contribution in [0.3, 0.4) is 0 Å². The molecule has 0 aliphatic carbocycles. The zero-order valence-corrected chi connectivity index (χ0v) is 15.2. The van der Waals surface area contributed by atoms with E-state index in [1.807, 2.05) is 39.0 Å². The summed E-state index contributed by atoms with van der Waals surface area (Å²) in [5.74, 6) is 0.626. The average Bonchev–Trinajstić information content (AvgIpc) is 2.42. The first-order valence-electron chi connectivity index (χ1n) is 8.50. The maximum Gasteiger partial charge on any atom is 0.407 e. The van der Waals surface area contributed by atoms with Crippen LogP contribution in [0.1, 0.15) is 46.6 Å². The summed E-state index contributed by atoms with van der Waals surface area (Å²) in [6.07, 6.45) is 1.34. The molecule has 0 saturated carbocycles. The largest absolute Gasteiger partial charge is 0.444 e. The van der Waals surface area contributed by atoms with Gasteiger partial charge in [0, 0.05) is 6.04 Å². The highest BCUT2D eigenvalue weighted by Gasteiger charge is 2.19. The number of carbonyl (C=O) groups is 1. The summed E-state index contributed by atoms with van der Waals surface area (Å²) >= 11 is 0. The van der Waals surface area contributed by atoms with Gasteiger partial charge in [-0.25, -0.2) is 4.79 Å². The van der Waals surface area contributed by atoms with Crippen molar-refractivity contribution in [3.8, 4) is 0 Å². The number of benzene rings is 1. The van der Waals surface area contributed by atoms with Crippen LogP contribution in [-0.2, 0) is 11.2 Å². The number of rotatable bonds is 8. The SMILES string of the molecule is CC(C)CNCCC(Cc1ccccc1)NC(=O)OC(C)(C)C. The van der Waals surface area contributed by atoms with E-state index in [-0.39, 0.29) is 12.1 Å². The van der Waals surface area contributed by atoms with Crippen LogP contribution < -0.4 is 10.6 Å². The molecule has 130 valence electrons. The molecule has 1 rings (SSSR count). The van der Waals surface area contributed by atoms with Crippen molar-refractivity contribution < 1.29 is 9.53 Å². The number of hydrogen-bond donors (Lipinski definition) is 2. The van der Waals surface area contributed by atoms with Crippen molar-refractivity contribution >= 4 is 6.09 Å². The Morgan fingerprint density at radius 2 is 1.83 bits per heavy atom. The van der Waals surface area contributed by atoms with E-state index in [0.29, 0.717) is 5.92 Å². The Balaban J connectivity index is 2.55. The van der Waals surface area contributed by atoms with Gasteiger partial charge in [0.1, 0.15) is 5.60 Å². The van der Waals surface area contributed by atoms with E-state index < -0.39 is 5.60 Å². The molecule has 23 heavy (non-hydrogen) atoms. The van der Waals surface area contributed by atoms with Crippen LogP contribution in [0, 0.1) is 5.92 Å². The maximum absolute atomic E-state index is 12.0. The molecule has 4 heteroatoms. The van der Waals surface area contributed by atoms with Gasteiger partial charge in [0.05, 0.1) is 0 Å². The van der Waals surface area contributed by atoms with Gasteiger partial charge in [-0.1, -0.05) is 44.2 Å². The van der Waals surface area contributed by atoms with E-state index in [4.69, 9.17) is 4.74 Å². The molecule has 4 nitrogen and oxygen atoms in total. The zero-order chi connectivity index (χ0) is 17.3. The van der Waals surface area contributed by atoms with Crippen molar-refractivity contribution in [2.24, 2.45) is 5.92 Å². The Morgan fingerprint density at radius 1 is 1.17 bits per heavy atom. The smallest absolute Gasteiger partial charge is 0.407 e. The summed E-state index contributed by atoms with van der Waals surface area (Å²) < 4.78 is 5.38. The maximum atomic E-state index is 12.0. The van der Waals surface area contributed by atoms with Gasteiger partial charge in [0.25, 0.3) is 0 Å². The van der Waals surface area contributed by atoms with Crippen LogP contribution in [0.15, 0.2) is 30.3 Å². The van der Waals surface area contributed by atoms with Gasteiger partial charge < -0.3 is 15.4 Å². The Bertz CT molecular complexity index is 452. The molecule has 2 N–H and O–H groups in total. The topological polar surface area (TPSA) is 50.4 Å². The Labute approximate surface area is 141 Å². The van der Waals surface area contributed by atoms with Gasteiger partial charge in [-0.05, 0) is 58.2 Å². The predicted octanol–water partition coefficient (Wildman–Crippen LogP) is 3.76. The van der Waals surface area contributed by atoms with Crippen molar-refractivity contribution in [3.05, 3.63) is 35.9 Å². The van der Waals surface area contributed by atoms with Crippen molar-refractivity contribution in [1.82, 2.24) is 10.6 Å². The number of alkyl carbamates (subject to hydrolysis) is 1. The van der Waals surface area contributed by atoms with Crippen LogP contribution >= 0.6 is 0 Å².